The second-order valence-electron chi connectivity index (χ2n) is 8.59. The lowest BCUT2D eigenvalue weighted by Gasteiger charge is -2.30. The van der Waals surface area contributed by atoms with Crippen molar-refractivity contribution in [2.45, 2.75) is 57.6 Å². The third-order valence-corrected chi connectivity index (χ3v) is 5.35. The molecule has 1 saturated heterocycles. The molecule has 1 saturated carbocycles. The first-order chi connectivity index (χ1) is 13.5. The lowest BCUT2D eigenvalue weighted by atomic mass is 9.93. The average molecular weight is 409 g/mol. The Morgan fingerprint density at radius 3 is 2.55 bits per heavy atom. The standard InChI is InChI=1S/C21H25F2NO5/c1-5-28-17(26)9-16(25)18-14-10-21(14,13-8-12(22)6-7-15(13)23)11-24(18)19(27)29-20(2,3)4/h6-8,14,18H,5,9-11H2,1-4H3/t14-,18?,21+/m0/s1. The molecule has 1 aromatic rings. The normalized spacial score (nSPS) is 25.4. The number of hydrogen-bond acceptors (Lipinski definition) is 5. The van der Waals surface area contributed by atoms with Gasteiger partial charge in [0.05, 0.1) is 12.6 Å². The summed E-state index contributed by atoms with van der Waals surface area (Å²) in [5, 5.41) is 0. The van der Waals surface area contributed by atoms with E-state index in [1.54, 1.807) is 27.7 Å². The van der Waals surface area contributed by atoms with Crippen molar-refractivity contribution >= 4 is 17.8 Å². The minimum absolute atomic E-state index is 0.0200. The Hall–Kier alpha value is -2.51. The number of Topliss-reactive ketones (excluding diaryl/α,β-unsaturated/α-hetero) is 1. The molecule has 1 amide bonds. The van der Waals surface area contributed by atoms with Gasteiger partial charge in [-0.2, -0.15) is 0 Å². The van der Waals surface area contributed by atoms with E-state index in [0.29, 0.717) is 6.42 Å². The van der Waals surface area contributed by atoms with E-state index in [0.717, 1.165) is 18.2 Å². The van der Waals surface area contributed by atoms with Crippen LogP contribution in [0.25, 0.3) is 0 Å². The zero-order valence-electron chi connectivity index (χ0n) is 17.0. The third-order valence-electron chi connectivity index (χ3n) is 5.35. The van der Waals surface area contributed by atoms with E-state index in [1.807, 2.05) is 0 Å². The molecule has 0 spiro atoms. The fourth-order valence-corrected chi connectivity index (χ4v) is 4.18. The molecule has 0 bridgehead atoms. The Labute approximate surface area is 168 Å². The Morgan fingerprint density at radius 1 is 1.24 bits per heavy atom. The minimum Gasteiger partial charge on any atom is -0.466 e. The highest BCUT2D eigenvalue weighted by atomic mass is 19.1. The van der Waals surface area contributed by atoms with E-state index in [-0.39, 0.29) is 18.7 Å². The molecule has 1 unspecified atom stereocenters. The van der Waals surface area contributed by atoms with Crippen molar-refractivity contribution in [1.82, 2.24) is 4.90 Å². The van der Waals surface area contributed by atoms with Crippen molar-refractivity contribution in [3.05, 3.63) is 35.4 Å². The van der Waals surface area contributed by atoms with Crippen molar-refractivity contribution in [1.29, 1.82) is 0 Å². The van der Waals surface area contributed by atoms with Crippen molar-refractivity contribution in [3.63, 3.8) is 0 Å². The molecule has 2 fully saturated rings. The number of carbonyl (C=O) groups excluding carboxylic acids is 3. The number of nitrogens with zero attached hydrogens (tertiary/aromatic N) is 1. The van der Waals surface area contributed by atoms with E-state index in [4.69, 9.17) is 9.47 Å². The number of ketones is 1. The van der Waals surface area contributed by atoms with Crippen LogP contribution in [0.2, 0.25) is 0 Å². The largest absolute Gasteiger partial charge is 0.466 e. The fraction of sp³-hybridized carbons (Fsp3) is 0.571. The Balaban J connectivity index is 1.92. The fourth-order valence-electron chi connectivity index (χ4n) is 4.18. The van der Waals surface area contributed by atoms with Gasteiger partial charge in [-0.25, -0.2) is 13.6 Å². The Bertz CT molecular complexity index is 850. The van der Waals surface area contributed by atoms with Gasteiger partial charge < -0.3 is 9.47 Å². The second kappa shape index (κ2) is 7.39. The third kappa shape index (κ3) is 4.11. The summed E-state index contributed by atoms with van der Waals surface area (Å²) >= 11 is 0. The highest BCUT2D eigenvalue weighted by molar-refractivity contribution is 6.00. The van der Waals surface area contributed by atoms with E-state index in [2.05, 4.69) is 0 Å². The van der Waals surface area contributed by atoms with Gasteiger partial charge >= 0.3 is 12.1 Å². The zero-order valence-corrected chi connectivity index (χ0v) is 17.0. The summed E-state index contributed by atoms with van der Waals surface area (Å²) in [6.07, 6.45) is -0.787. The van der Waals surface area contributed by atoms with Gasteiger partial charge in [0.2, 0.25) is 0 Å². The molecular weight excluding hydrogens is 384 g/mol. The molecule has 3 atom stereocenters. The van der Waals surface area contributed by atoms with Crippen LogP contribution in [-0.4, -0.2) is 47.5 Å². The van der Waals surface area contributed by atoms with Crippen molar-refractivity contribution in [3.8, 4) is 0 Å². The van der Waals surface area contributed by atoms with E-state index in [9.17, 15) is 23.2 Å². The van der Waals surface area contributed by atoms with Crippen molar-refractivity contribution < 1.29 is 32.6 Å². The number of esters is 1. The average Bonchev–Trinajstić information content (AvgIpc) is 3.20. The number of carbonyl (C=O) groups is 3. The monoisotopic (exact) mass is 409 g/mol. The van der Waals surface area contributed by atoms with E-state index >= 15 is 0 Å². The summed E-state index contributed by atoms with van der Waals surface area (Å²) in [5.41, 5.74) is -1.52. The number of piperidine rings is 1. The number of fused-ring (bicyclic) bond motifs is 1. The predicted molar refractivity (Wildman–Crippen MR) is 99.1 cm³/mol. The molecule has 0 radical (unpaired) electrons. The van der Waals surface area contributed by atoms with Crippen LogP contribution in [0.1, 0.15) is 46.1 Å². The Kier molecular flexibility index (Phi) is 5.40. The summed E-state index contributed by atoms with van der Waals surface area (Å²) in [7, 11) is 0. The molecular formula is C21H25F2NO5. The van der Waals surface area contributed by atoms with Crippen molar-refractivity contribution in [2.24, 2.45) is 5.92 Å². The van der Waals surface area contributed by atoms with E-state index < -0.39 is 58.9 Å². The number of rotatable bonds is 5. The molecule has 3 rings (SSSR count). The first kappa shape index (κ1) is 21.2. The quantitative estimate of drug-likeness (QED) is 0.551. The summed E-state index contributed by atoms with van der Waals surface area (Å²) in [4.78, 5) is 38.6. The number of halogens is 2. The molecule has 158 valence electrons. The molecule has 6 nitrogen and oxygen atoms in total. The number of ether oxygens (including phenoxy) is 2. The van der Waals surface area contributed by atoms with Crippen LogP contribution in [0.4, 0.5) is 13.6 Å². The summed E-state index contributed by atoms with van der Waals surface area (Å²) in [6.45, 7) is 6.86. The maximum absolute atomic E-state index is 14.5. The van der Waals surface area contributed by atoms with Crippen LogP contribution < -0.4 is 0 Å². The molecule has 1 aliphatic carbocycles. The summed E-state index contributed by atoms with van der Waals surface area (Å²) < 4.78 is 38.5. The molecule has 1 aromatic carbocycles. The van der Waals surface area contributed by atoms with Gasteiger partial charge in [0.15, 0.2) is 5.78 Å². The molecule has 8 heteroatoms. The maximum Gasteiger partial charge on any atom is 0.410 e. The summed E-state index contributed by atoms with van der Waals surface area (Å²) in [6, 6.07) is 2.23. The van der Waals surface area contributed by atoms with Crippen molar-refractivity contribution in [2.75, 3.05) is 13.2 Å². The number of likely N-dealkylation sites (tertiary alicyclic amines) is 1. The zero-order chi connectivity index (χ0) is 21.6. The predicted octanol–water partition coefficient (Wildman–Crippen LogP) is 3.36. The molecule has 0 N–H and O–H groups in total. The van der Waals surface area contributed by atoms with Gasteiger partial charge in [0.1, 0.15) is 23.7 Å². The number of benzene rings is 1. The summed E-state index contributed by atoms with van der Waals surface area (Å²) in [5.74, 6) is -2.76. The van der Waals surface area contributed by atoms with Gasteiger partial charge in [-0.15, -0.1) is 0 Å². The van der Waals surface area contributed by atoms with Gasteiger partial charge in [0, 0.05) is 12.0 Å². The van der Waals surface area contributed by atoms with Gasteiger partial charge in [-0.3, -0.25) is 14.5 Å². The van der Waals surface area contributed by atoms with Crippen LogP contribution in [0, 0.1) is 17.6 Å². The molecule has 1 heterocycles. The van der Waals surface area contributed by atoms with Gasteiger partial charge in [-0.05, 0) is 63.8 Å². The molecule has 0 aromatic heterocycles. The second-order valence-corrected chi connectivity index (χ2v) is 8.59. The number of amides is 1. The molecule has 2 aliphatic rings. The highest BCUT2D eigenvalue weighted by Crippen LogP contribution is 2.63. The first-order valence-electron chi connectivity index (χ1n) is 9.62. The van der Waals surface area contributed by atoms with Crippen LogP contribution in [0.5, 0.6) is 0 Å². The van der Waals surface area contributed by atoms with Crippen LogP contribution in [0.3, 0.4) is 0 Å². The Morgan fingerprint density at radius 2 is 1.93 bits per heavy atom. The lowest BCUT2D eigenvalue weighted by molar-refractivity contribution is -0.146. The van der Waals surface area contributed by atoms with Crippen LogP contribution in [0.15, 0.2) is 18.2 Å². The van der Waals surface area contributed by atoms with E-state index in [1.165, 1.54) is 4.90 Å². The SMILES string of the molecule is CCOC(=O)CC(=O)C1[C@@H]2C[C@]2(c2cc(F)ccc2F)CN1C(=O)OC(C)(C)C. The highest BCUT2D eigenvalue weighted by Gasteiger charge is 2.69. The van der Waals surface area contributed by atoms with Gasteiger partial charge in [0.25, 0.3) is 0 Å². The first-order valence-corrected chi connectivity index (χ1v) is 9.62. The van der Waals surface area contributed by atoms with Crippen LogP contribution in [-0.2, 0) is 24.5 Å². The maximum atomic E-state index is 14.5. The van der Waals surface area contributed by atoms with Gasteiger partial charge in [-0.1, -0.05) is 0 Å². The van der Waals surface area contributed by atoms with Crippen LogP contribution >= 0.6 is 0 Å². The molecule has 29 heavy (non-hydrogen) atoms. The topological polar surface area (TPSA) is 72.9 Å². The number of hydrogen-bond donors (Lipinski definition) is 0. The minimum atomic E-state index is -0.947. The smallest absolute Gasteiger partial charge is 0.410 e. The molecule has 1 aliphatic heterocycles. The lowest BCUT2D eigenvalue weighted by Crippen LogP contribution is -2.46.